The molecule has 1 aliphatic carbocycles. The summed E-state index contributed by atoms with van der Waals surface area (Å²) in [6, 6.07) is 0.523. The molecule has 0 bridgehead atoms. The van der Waals surface area contributed by atoms with Gasteiger partial charge in [-0.15, -0.1) is 0 Å². The normalized spacial score (nSPS) is 17.5. The number of unbranched alkanes of at least 4 members (excludes halogenated alkanes) is 1. The first-order chi connectivity index (χ1) is 7.68. The van der Waals surface area contributed by atoms with E-state index in [1.807, 2.05) is 0 Å². The van der Waals surface area contributed by atoms with E-state index in [4.69, 9.17) is 4.74 Å². The molecule has 0 spiro atoms. The van der Waals surface area contributed by atoms with Gasteiger partial charge in [-0.05, 0) is 6.42 Å². The van der Waals surface area contributed by atoms with E-state index in [2.05, 4.69) is 50.4 Å². The third-order valence-electron chi connectivity index (χ3n) is 2.82. The molecule has 0 saturated heterocycles. The highest BCUT2D eigenvalue weighted by Gasteiger charge is 2.26. The standard InChI is InChI=1S/C14H25NO/c1-4-5-10-16-12-14(8-6-7-9-14)11-15-13(2)3/h6-9,13,15H,4-5,10-12H2,1-3H3. The van der Waals surface area contributed by atoms with Gasteiger partial charge in [0.25, 0.3) is 0 Å². The molecular weight excluding hydrogens is 198 g/mol. The molecule has 0 saturated carbocycles. The lowest BCUT2D eigenvalue weighted by molar-refractivity contribution is 0.0851. The molecule has 0 aliphatic heterocycles. The smallest absolute Gasteiger partial charge is 0.0604 e. The van der Waals surface area contributed by atoms with Gasteiger partial charge < -0.3 is 10.1 Å². The molecule has 0 unspecified atom stereocenters. The molecule has 0 aromatic rings. The fourth-order valence-corrected chi connectivity index (χ4v) is 1.72. The van der Waals surface area contributed by atoms with Gasteiger partial charge in [0.05, 0.1) is 6.61 Å². The predicted molar refractivity (Wildman–Crippen MR) is 69.6 cm³/mol. The maximum Gasteiger partial charge on any atom is 0.0604 e. The van der Waals surface area contributed by atoms with E-state index in [0.717, 1.165) is 26.2 Å². The molecule has 0 fully saturated rings. The van der Waals surface area contributed by atoms with Gasteiger partial charge in [0.15, 0.2) is 0 Å². The van der Waals surface area contributed by atoms with E-state index in [0.29, 0.717) is 6.04 Å². The number of hydrogen-bond acceptors (Lipinski definition) is 2. The van der Waals surface area contributed by atoms with Crippen LogP contribution >= 0.6 is 0 Å². The van der Waals surface area contributed by atoms with Crippen LogP contribution in [0.5, 0.6) is 0 Å². The molecule has 16 heavy (non-hydrogen) atoms. The van der Waals surface area contributed by atoms with Crippen LogP contribution in [0.1, 0.15) is 33.6 Å². The van der Waals surface area contributed by atoms with Crippen LogP contribution in [-0.2, 0) is 4.74 Å². The van der Waals surface area contributed by atoms with E-state index in [1.54, 1.807) is 0 Å². The van der Waals surface area contributed by atoms with E-state index >= 15 is 0 Å². The van der Waals surface area contributed by atoms with Crippen LogP contribution in [0, 0.1) is 5.41 Å². The summed E-state index contributed by atoms with van der Waals surface area (Å²) >= 11 is 0. The summed E-state index contributed by atoms with van der Waals surface area (Å²) in [6.07, 6.45) is 11.1. The molecule has 0 radical (unpaired) electrons. The second-order valence-corrected chi connectivity index (χ2v) is 4.89. The maximum absolute atomic E-state index is 5.75. The average molecular weight is 223 g/mol. The molecule has 1 aliphatic rings. The molecule has 0 atom stereocenters. The number of hydrogen-bond donors (Lipinski definition) is 1. The minimum Gasteiger partial charge on any atom is -0.380 e. The highest BCUT2D eigenvalue weighted by atomic mass is 16.5. The SMILES string of the molecule is CCCCOCC1(CNC(C)C)C=CC=C1. The van der Waals surface area contributed by atoms with Gasteiger partial charge in [0, 0.05) is 24.6 Å². The minimum atomic E-state index is 0.0814. The summed E-state index contributed by atoms with van der Waals surface area (Å²) in [4.78, 5) is 0. The Hall–Kier alpha value is -0.600. The first-order valence-electron chi connectivity index (χ1n) is 6.37. The van der Waals surface area contributed by atoms with Crippen LogP contribution in [0.25, 0.3) is 0 Å². The molecule has 0 aromatic heterocycles. The summed E-state index contributed by atoms with van der Waals surface area (Å²) in [5.74, 6) is 0. The zero-order valence-corrected chi connectivity index (χ0v) is 10.8. The van der Waals surface area contributed by atoms with Crippen LogP contribution in [0.4, 0.5) is 0 Å². The van der Waals surface area contributed by atoms with Crippen LogP contribution in [-0.4, -0.2) is 25.8 Å². The molecule has 92 valence electrons. The monoisotopic (exact) mass is 223 g/mol. The van der Waals surface area contributed by atoms with Gasteiger partial charge in [0.1, 0.15) is 0 Å². The predicted octanol–water partition coefficient (Wildman–Crippen LogP) is 2.91. The lowest BCUT2D eigenvalue weighted by Crippen LogP contribution is -2.37. The van der Waals surface area contributed by atoms with Gasteiger partial charge in [-0.25, -0.2) is 0 Å². The summed E-state index contributed by atoms with van der Waals surface area (Å²) < 4.78 is 5.75. The van der Waals surface area contributed by atoms with E-state index < -0.39 is 0 Å². The third-order valence-corrected chi connectivity index (χ3v) is 2.82. The first kappa shape index (κ1) is 13.5. The van der Waals surface area contributed by atoms with Crippen molar-refractivity contribution in [2.45, 2.75) is 39.7 Å². The lowest BCUT2D eigenvalue weighted by atomic mass is 9.91. The third kappa shape index (κ3) is 4.50. The van der Waals surface area contributed by atoms with Gasteiger partial charge in [0.2, 0.25) is 0 Å². The highest BCUT2D eigenvalue weighted by molar-refractivity contribution is 5.25. The second kappa shape index (κ2) is 6.87. The maximum atomic E-state index is 5.75. The molecular formula is C14H25NO. The number of ether oxygens (including phenoxy) is 1. The molecule has 2 heteroatoms. The molecule has 1 N–H and O–H groups in total. The van der Waals surface area contributed by atoms with Crippen molar-refractivity contribution in [2.24, 2.45) is 5.41 Å². The summed E-state index contributed by atoms with van der Waals surface area (Å²) in [7, 11) is 0. The van der Waals surface area contributed by atoms with Crippen LogP contribution in [0.15, 0.2) is 24.3 Å². The van der Waals surface area contributed by atoms with Crippen LogP contribution < -0.4 is 5.32 Å². The summed E-state index contributed by atoms with van der Waals surface area (Å²) in [5.41, 5.74) is 0.0814. The van der Waals surface area contributed by atoms with Crippen molar-refractivity contribution in [1.29, 1.82) is 0 Å². The van der Waals surface area contributed by atoms with Crippen molar-refractivity contribution >= 4 is 0 Å². The van der Waals surface area contributed by atoms with Crippen molar-refractivity contribution in [3.05, 3.63) is 24.3 Å². The van der Waals surface area contributed by atoms with E-state index in [-0.39, 0.29) is 5.41 Å². The van der Waals surface area contributed by atoms with Crippen molar-refractivity contribution in [3.63, 3.8) is 0 Å². The number of allylic oxidation sites excluding steroid dienone is 2. The van der Waals surface area contributed by atoms with Crippen LogP contribution in [0.2, 0.25) is 0 Å². The van der Waals surface area contributed by atoms with Crippen LogP contribution in [0.3, 0.4) is 0 Å². The summed E-state index contributed by atoms with van der Waals surface area (Å²) in [5, 5.41) is 3.49. The largest absolute Gasteiger partial charge is 0.380 e. The van der Waals surface area contributed by atoms with E-state index in [9.17, 15) is 0 Å². The van der Waals surface area contributed by atoms with Crippen molar-refractivity contribution < 1.29 is 4.74 Å². The lowest BCUT2D eigenvalue weighted by Gasteiger charge is -2.26. The average Bonchev–Trinajstić information content (AvgIpc) is 2.71. The summed E-state index contributed by atoms with van der Waals surface area (Å²) in [6.45, 7) is 9.17. The Bertz CT molecular complexity index is 231. The Morgan fingerprint density at radius 2 is 1.94 bits per heavy atom. The Kier molecular flexibility index (Phi) is 5.78. The Labute approximate surface area is 99.8 Å². The Morgan fingerprint density at radius 3 is 2.50 bits per heavy atom. The highest BCUT2D eigenvalue weighted by Crippen LogP contribution is 2.26. The van der Waals surface area contributed by atoms with Gasteiger partial charge in [-0.3, -0.25) is 0 Å². The fourth-order valence-electron chi connectivity index (χ4n) is 1.72. The van der Waals surface area contributed by atoms with Gasteiger partial charge in [-0.1, -0.05) is 51.5 Å². The van der Waals surface area contributed by atoms with Crippen molar-refractivity contribution in [1.82, 2.24) is 5.32 Å². The second-order valence-electron chi connectivity index (χ2n) is 4.89. The molecule has 0 heterocycles. The molecule has 0 amide bonds. The minimum absolute atomic E-state index is 0.0814. The topological polar surface area (TPSA) is 21.3 Å². The van der Waals surface area contributed by atoms with Crippen molar-refractivity contribution in [3.8, 4) is 0 Å². The van der Waals surface area contributed by atoms with Gasteiger partial charge in [-0.2, -0.15) is 0 Å². The molecule has 0 aromatic carbocycles. The first-order valence-corrected chi connectivity index (χ1v) is 6.37. The quantitative estimate of drug-likeness (QED) is 0.639. The number of rotatable bonds is 8. The number of nitrogens with one attached hydrogen (secondary N) is 1. The Morgan fingerprint density at radius 1 is 1.25 bits per heavy atom. The molecule has 1 rings (SSSR count). The van der Waals surface area contributed by atoms with E-state index in [1.165, 1.54) is 6.42 Å². The van der Waals surface area contributed by atoms with Crippen molar-refractivity contribution in [2.75, 3.05) is 19.8 Å². The Balaban J connectivity index is 2.34. The zero-order chi connectivity index (χ0) is 11.9. The molecule has 2 nitrogen and oxygen atoms in total. The van der Waals surface area contributed by atoms with Gasteiger partial charge >= 0.3 is 0 Å². The fraction of sp³-hybridized carbons (Fsp3) is 0.714. The zero-order valence-electron chi connectivity index (χ0n) is 10.8.